The van der Waals surface area contributed by atoms with E-state index < -0.39 is 0 Å². The Morgan fingerprint density at radius 2 is 2.13 bits per heavy atom. The third kappa shape index (κ3) is 5.50. The van der Waals surface area contributed by atoms with Gasteiger partial charge in [0.1, 0.15) is 0 Å². The second-order valence-electron chi connectivity index (χ2n) is 5.71. The van der Waals surface area contributed by atoms with Gasteiger partial charge in [0.15, 0.2) is 11.5 Å². The molecule has 0 bridgehead atoms. The number of carbonyl (C=O) groups excluding carboxylic acids is 1. The molecule has 0 saturated carbocycles. The van der Waals surface area contributed by atoms with Crippen LogP contribution in [0.2, 0.25) is 0 Å². The molecule has 0 radical (unpaired) electrons. The molecule has 0 fully saturated rings. The van der Waals surface area contributed by atoms with Crippen molar-refractivity contribution in [2.24, 2.45) is 0 Å². The number of nitrogens with one attached hydrogen (secondary N) is 1. The van der Waals surface area contributed by atoms with Crippen LogP contribution in [-0.2, 0) is 13.0 Å². The first kappa shape index (κ1) is 17.2. The van der Waals surface area contributed by atoms with Crippen LogP contribution >= 0.6 is 0 Å². The highest BCUT2D eigenvalue weighted by molar-refractivity contribution is 5.92. The Hall–Kier alpha value is -2.18. The Bertz CT molecular complexity index is 613. The molecular formula is C17H23N3O3. The first-order valence-corrected chi connectivity index (χ1v) is 7.68. The lowest BCUT2D eigenvalue weighted by Gasteiger charge is -2.14. The largest absolute Gasteiger partial charge is 0.394 e. The number of nitrogens with zero attached hydrogens (tertiary/aromatic N) is 2. The second kappa shape index (κ2) is 8.45. The number of carbonyl (C=O) groups is 1. The fourth-order valence-corrected chi connectivity index (χ4v) is 2.15. The van der Waals surface area contributed by atoms with E-state index in [9.17, 15) is 4.79 Å². The minimum Gasteiger partial charge on any atom is -0.394 e. The van der Waals surface area contributed by atoms with E-state index >= 15 is 0 Å². The van der Waals surface area contributed by atoms with Crippen molar-refractivity contribution in [3.8, 4) is 0 Å². The van der Waals surface area contributed by atoms with Crippen LogP contribution < -0.4 is 5.32 Å². The molecule has 0 aliphatic carbocycles. The van der Waals surface area contributed by atoms with E-state index in [1.165, 1.54) is 5.56 Å². The van der Waals surface area contributed by atoms with E-state index in [2.05, 4.69) is 27.5 Å². The van der Waals surface area contributed by atoms with Gasteiger partial charge in [-0.15, -0.1) is 0 Å². The first-order valence-electron chi connectivity index (χ1n) is 7.68. The Balaban J connectivity index is 1.82. The number of aliphatic hydroxyl groups excluding tert-OH is 1. The third-order valence-electron chi connectivity index (χ3n) is 3.49. The number of benzene rings is 1. The lowest BCUT2D eigenvalue weighted by atomic mass is 10.1. The number of likely N-dealkylation sites (N-methyl/N-ethyl adjacent to an activating group) is 1. The predicted octanol–water partition coefficient (Wildman–Crippen LogP) is 1.46. The average Bonchev–Trinajstić information content (AvgIpc) is 3.02. The molecule has 0 aliphatic rings. The molecule has 0 aliphatic heterocycles. The van der Waals surface area contributed by atoms with Gasteiger partial charge in [0.2, 0.25) is 0 Å². The van der Waals surface area contributed by atoms with E-state index in [-0.39, 0.29) is 24.2 Å². The SMILES string of the molecule is C[C@H](CO)NC(=O)c1cc(CN(C)CCc2ccccc2)on1. The van der Waals surface area contributed by atoms with Crippen molar-refractivity contribution in [2.45, 2.75) is 25.9 Å². The van der Waals surface area contributed by atoms with Crippen LogP contribution in [0.1, 0.15) is 28.7 Å². The van der Waals surface area contributed by atoms with Gasteiger partial charge in [-0.3, -0.25) is 9.69 Å². The summed E-state index contributed by atoms with van der Waals surface area (Å²) in [6, 6.07) is 11.6. The summed E-state index contributed by atoms with van der Waals surface area (Å²) in [4.78, 5) is 14.0. The topological polar surface area (TPSA) is 78.6 Å². The van der Waals surface area contributed by atoms with Crippen molar-refractivity contribution < 1.29 is 14.4 Å². The predicted molar refractivity (Wildman–Crippen MR) is 87.0 cm³/mol. The summed E-state index contributed by atoms with van der Waals surface area (Å²) >= 11 is 0. The summed E-state index contributed by atoms with van der Waals surface area (Å²) in [5.74, 6) is 0.302. The lowest BCUT2D eigenvalue weighted by molar-refractivity contribution is 0.0913. The molecule has 2 N–H and O–H groups in total. The molecule has 1 aromatic carbocycles. The number of amides is 1. The molecule has 1 aromatic heterocycles. The Kier molecular flexibility index (Phi) is 6.31. The van der Waals surface area contributed by atoms with Gasteiger partial charge in [0.25, 0.3) is 5.91 Å². The molecule has 6 nitrogen and oxygen atoms in total. The van der Waals surface area contributed by atoms with Gasteiger partial charge in [-0.25, -0.2) is 0 Å². The fraction of sp³-hybridized carbons (Fsp3) is 0.412. The molecule has 0 spiro atoms. The second-order valence-corrected chi connectivity index (χ2v) is 5.71. The number of hydrogen-bond donors (Lipinski definition) is 2. The zero-order chi connectivity index (χ0) is 16.7. The molecule has 6 heteroatoms. The minimum absolute atomic E-state index is 0.112. The van der Waals surface area contributed by atoms with Crippen molar-refractivity contribution in [1.29, 1.82) is 0 Å². The zero-order valence-corrected chi connectivity index (χ0v) is 13.5. The lowest BCUT2D eigenvalue weighted by Crippen LogP contribution is -2.35. The van der Waals surface area contributed by atoms with Gasteiger partial charge >= 0.3 is 0 Å². The quantitative estimate of drug-likeness (QED) is 0.770. The molecular weight excluding hydrogens is 294 g/mol. The van der Waals surface area contributed by atoms with Gasteiger partial charge < -0.3 is 14.9 Å². The van der Waals surface area contributed by atoms with Crippen LogP contribution in [-0.4, -0.2) is 47.3 Å². The van der Waals surface area contributed by atoms with E-state index in [1.54, 1.807) is 13.0 Å². The maximum atomic E-state index is 11.9. The Morgan fingerprint density at radius 1 is 1.39 bits per heavy atom. The standard InChI is InChI=1S/C17H23N3O3/c1-13(12-21)18-17(22)16-10-15(23-19-16)11-20(2)9-8-14-6-4-3-5-7-14/h3-7,10,13,21H,8-9,11-12H2,1-2H3,(H,18,22)/t13-/m1/s1. The monoisotopic (exact) mass is 317 g/mol. The summed E-state index contributed by atoms with van der Waals surface area (Å²) in [6.07, 6.45) is 0.951. The van der Waals surface area contributed by atoms with E-state index in [0.717, 1.165) is 13.0 Å². The maximum absolute atomic E-state index is 11.9. The maximum Gasteiger partial charge on any atom is 0.273 e. The van der Waals surface area contributed by atoms with Gasteiger partial charge in [-0.05, 0) is 26.0 Å². The van der Waals surface area contributed by atoms with Crippen molar-refractivity contribution in [2.75, 3.05) is 20.2 Å². The Labute approximate surface area is 136 Å². The number of aromatic nitrogens is 1. The molecule has 124 valence electrons. The van der Waals surface area contributed by atoms with Crippen molar-refractivity contribution >= 4 is 5.91 Å². The van der Waals surface area contributed by atoms with Gasteiger partial charge in [0.05, 0.1) is 13.2 Å². The van der Waals surface area contributed by atoms with Crippen LogP contribution in [0.5, 0.6) is 0 Å². The first-order chi connectivity index (χ1) is 11.1. The highest BCUT2D eigenvalue weighted by Gasteiger charge is 2.15. The molecule has 0 unspecified atom stereocenters. The Morgan fingerprint density at radius 3 is 2.83 bits per heavy atom. The fourth-order valence-electron chi connectivity index (χ4n) is 2.15. The summed E-state index contributed by atoms with van der Waals surface area (Å²) in [6.45, 7) is 3.07. The third-order valence-corrected chi connectivity index (χ3v) is 3.49. The smallest absolute Gasteiger partial charge is 0.273 e. The summed E-state index contributed by atoms with van der Waals surface area (Å²) in [7, 11) is 2.00. The minimum atomic E-state index is -0.339. The van der Waals surface area contributed by atoms with Crippen LogP contribution in [0.4, 0.5) is 0 Å². The molecule has 0 saturated heterocycles. The van der Waals surface area contributed by atoms with Crippen LogP contribution in [0.25, 0.3) is 0 Å². The van der Waals surface area contributed by atoms with Crippen LogP contribution in [0, 0.1) is 0 Å². The zero-order valence-electron chi connectivity index (χ0n) is 13.5. The van der Waals surface area contributed by atoms with Crippen molar-refractivity contribution in [3.63, 3.8) is 0 Å². The number of rotatable bonds is 8. The summed E-state index contributed by atoms with van der Waals surface area (Å²) < 4.78 is 5.21. The molecule has 2 rings (SSSR count). The van der Waals surface area contributed by atoms with Crippen molar-refractivity contribution in [1.82, 2.24) is 15.4 Å². The summed E-state index contributed by atoms with van der Waals surface area (Å²) in [5, 5.41) is 15.4. The van der Waals surface area contributed by atoms with E-state index in [0.29, 0.717) is 12.3 Å². The molecule has 1 atom stereocenters. The van der Waals surface area contributed by atoms with Gasteiger partial charge in [0, 0.05) is 18.7 Å². The number of hydrogen-bond acceptors (Lipinski definition) is 5. The normalized spacial score (nSPS) is 12.3. The number of aliphatic hydroxyl groups is 1. The highest BCUT2D eigenvalue weighted by atomic mass is 16.5. The van der Waals surface area contributed by atoms with Crippen LogP contribution in [0.15, 0.2) is 40.9 Å². The van der Waals surface area contributed by atoms with Gasteiger partial charge in [-0.2, -0.15) is 0 Å². The van der Waals surface area contributed by atoms with Crippen molar-refractivity contribution in [3.05, 3.63) is 53.4 Å². The van der Waals surface area contributed by atoms with E-state index in [1.807, 2.05) is 25.2 Å². The highest BCUT2D eigenvalue weighted by Crippen LogP contribution is 2.08. The summed E-state index contributed by atoms with van der Waals surface area (Å²) in [5.41, 5.74) is 1.52. The van der Waals surface area contributed by atoms with Crippen LogP contribution in [0.3, 0.4) is 0 Å². The molecule has 23 heavy (non-hydrogen) atoms. The van der Waals surface area contributed by atoms with Gasteiger partial charge in [-0.1, -0.05) is 35.5 Å². The molecule has 1 amide bonds. The molecule has 2 aromatic rings. The average molecular weight is 317 g/mol. The molecule has 1 heterocycles. The van der Waals surface area contributed by atoms with E-state index in [4.69, 9.17) is 9.63 Å².